The van der Waals surface area contributed by atoms with E-state index in [-0.39, 0.29) is 43.6 Å². The third-order valence-electron chi connectivity index (χ3n) is 3.50. The van der Waals surface area contributed by atoms with Gasteiger partial charge in [-0.1, -0.05) is 12.1 Å². The van der Waals surface area contributed by atoms with Crippen LogP contribution in [0.1, 0.15) is 18.4 Å². The Morgan fingerprint density at radius 3 is 2.63 bits per heavy atom. The van der Waals surface area contributed by atoms with Gasteiger partial charge in [-0.15, -0.1) is 0 Å². The highest BCUT2D eigenvalue weighted by Gasteiger charge is 2.33. The molecule has 1 aromatic carbocycles. The quantitative estimate of drug-likeness (QED) is 0.511. The number of rotatable bonds is 9. The number of benzene rings is 1. The van der Waals surface area contributed by atoms with Crippen molar-refractivity contribution < 1.29 is 27.1 Å². The number of amides is 1. The van der Waals surface area contributed by atoms with Gasteiger partial charge in [-0.2, -0.15) is 13.2 Å². The molecule has 0 spiro atoms. The molecule has 0 saturated carbocycles. The normalized spacial score (nSPS) is 11.1. The van der Waals surface area contributed by atoms with Crippen LogP contribution in [0.2, 0.25) is 0 Å². The SMILES string of the molecule is O=C(CCCOc1ccccc1F)NCCNc1ncccc1C(F)(F)F. The van der Waals surface area contributed by atoms with Crippen LogP contribution >= 0.6 is 0 Å². The summed E-state index contributed by atoms with van der Waals surface area (Å²) < 4.78 is 57.0. The van der Waals surface area contributed by atoms with Crippen LogP contribution in [0.25, 0.3) is 0 Å². The van der Waals surface area contributed by atoms with Gasteiger partial charge in [0.25, 0.3) is 0 Å². The lowest BCUT2D eigenvalue weighted by molar-refractivity contribution is -0.137. The van der Waals surface area contributed by atoms with Crippen LogP contribution in [0.15, 0.2) is 42.6 Å². The Labute approximate surface area is 153 Å². The van der Waals surface area contributed by atoms with Crippen molar-refractivity contribution >= 4 is 11.7 Å². The van der Waals surface area contributed by atoms with E-state index in [1.165, 1.54) is 24.4 Å². The van der Waals surface area contributed by atoms with Gasteiger partial charge in [-0.05, 0) is 30.7 Å². The molecule has 1 aromatic heterocycles. The fourth-order valence-corrected chi connectivity index (χ4v) is 2.22. The average molecular weight is 385 g/mol. The number of hydrogen-bond donors (Lipinski definition) is 2. The second-order valence-corrected chi connectivity index (χ2v) is 5.56. The maximum absolute atomic E-state index is 13.3. The molecule has 1 heterocycles. The first-order valence-electron chi connectivity index (χ1n) is 8.28. The third kappa shape index (κ3) is 6.76. The number of nitrogens with zero attached hydrogens (tertiary/aromatic N) is 1. The van der Waals surface area contributed by atoms with Crippen LogP contribution in [-0.2, 0) is 11.0 Å². The Balaban J connectivity index is 1.64. The molecule has 0 atom stereocenters. The van der Waals surface area contributed by atoms with Gasteiger partial charge in [0, 0.05) is 25.7 Å². The second-order valence-electron chi connectivity index (χ2n) is 5.56. The molecule has 2 rings (SSSR count). The van der Waals surface area contributed by atoms with Crippen molar-refractivity contribution in [3.63, 3.8) is 0 Å². The molecule has 0 saturated heterocycles. The zero-order valence-electron chi connectivity index (χ0n) is 14.4. The number of pyridine rings is 1. The van der Waals surface area contributed by atoms with Gasteiger partial charge in [0.1, 0.15) is 5.82 Å². The first-order chi connectivity index (χ1) is 12.9. The third-order valence-corrected chi connectivity index (χ3v) is 3.50. The summed E-state index contributed by atoms with van der Waals surface area (Å²) in [6.45, 7) is 0.411. The zero-order chi connectivity index (χ0) is 19.7. The molecule has 1 amide bonds. The van der Waals surface area contributed by atoms with Gasteiger partial charge < -0.3 is 15.4 Å². The predicted molar refractivity (Wildman–Crippen MR) is 91.9 cm³/mol. The molecule has 0 radical (unpaired) electrons. The number of aromatic nitrogens is 1. The molecular formula is C18H19F4N3O2. The predicted octanol–water partition coefficient (Wildman–Crippen LogP) is 3.63. The largest absolute Gasteiger partial charge is 0.491 e. The molecule has 146 valence electrons. The standard InChI is InChI=1S/C18H19F4N3O2/c19-14-6-1-2-7-15(14)27-12-4-8-16(26)23-10-11-25-17-13(18(20,21)22)5-3-9-24-17/h1-3,5-7,9H,4,8,10-12H2,(H,23,26)(H,24,25). The number of alkyl halides is 3. The highest BCUT2D eigenvalue weighted by Crippen LogP contribution is 2.33. The molecule has 0 aliphatic rings. The van der Waals surface area contributed by atoms with E-state index in [4.69, 9.17) is 4.74 Å². The van der Waals surface area contributed by atoms with Crippen molar-refractivity contribution in [1.29, 1.82) is 0 Å². The number of carbonyl (C=O) groups excluding carboxylic acids is 1. The van der Waals surface area contributed by atoms with Gasteiger partial charge in [0.05, 0.1) is 12.2 Å². The van der Waals surface area contributed by atoms with Crippen LogP contribution in [-0.4, -0.2) is 30.6 Å². The van der Waals surface area contributed by atoms with Crippen molar-refractivity contribution in [1.82, 2.24) is 10.3 Å². The van der Waals surface area contributed by atoms with Gasteiger partial charge in [-0.3, -0.25) is 4.79 Å². The molecule has 27 heavy (non-hydrogen) atoms. The Morgan fingerprint density at radius 1 is 1.11 bits per heavy atom. The highest BCUT2D eigenvalue weighted by molar-refractivity contribution is 5.75. The van der Waals surface area contributed by atoms with Crippen molar-refractivity contribution in [2.24, 2.45) is 0 Å². The number of halogens is 4. The van der Waals surface area contributed by atoms with Crippen LogP contribution in [0.4, 0.5) is 23.4 Å². The molecule has 9 heteroatoms. The van der Waals surface area contributed by atoms with E-state index >= 15 is 0 Å². The number of para-hydroxylation sites is 1. The molecule has 2 N–H and O–H groups in total. The molecule has 0 aliphatic heterocycles. The van der Waals surface area contributed by atoms with E-state index in [1.807, 2.05) is 0 Å². The van der Waals surface area contributed by atoms with Crippen LogP contribution in [0, 0.1) is 5.82 Å². The molecule has 2 aromatic rings. The molecular weight excluding hydrogens is 366 g/mol. The summed E-state index contributed by atoms with van der Waals surface area (Å²) in [5.74, 6) is -0.901. The fraction of sp³-hybridized carbons (Fsp3) is 0.333. The summed E-state index contributed by atoms with van der Waals surface area (Å²) in [4.78, 5) is 15.4. The van der Waals surface area contributed by atoms with Crippen molar-refractivity contribution in [2.75, 3.05) is 25.0 Å². The number of carbonyl (C=O) groups is 1. The van der Waals surface area contributed by atoms with Crippen molar-refractivity contribution in [3.05, 3.63) is 54.0 Å². The number of hydrogen-bond acceptors (Lipinski definition) is 4. The Hall–Kier alpha value is -2.84. The maximum Gasteiger partial charge on any atom is 0.419 e. The first kappa shape index (κ1) is 20.5. The lowest BCUT2D eigenvalue weighted by Gasteiger charge is -2.13. The zero-order valence-corrected chi connectivity index (χ0v) is 14.4. The first-order valence-corrected chi connectivity index (χ1v) is 8.28. The number of anilines is 1. The number of nitrogens with one attached hydrogen (secondary N) is 2. The molecule has 0 fully saturated rings. The second kappa shape index (κ2) is 9.75. The summed E-state index contributed by atoms with van der Waals surface area (Å²) in [5, 5.41) is 5.14. The van der Waals surface area contributed by atoms with Crippen molar-refractivity contribution in [3.8, 4) is 5.75 Å². The summed E-state index contributed by atoms with van der Waals surface area (Å²) in [7, 11) is 0. The van der Waals surface area contributed by atoms with Gasteiger partial charge in [-0.25, -0.2) is 9.37 Å². The summed E-state index contributed by atoms with van der Waals surface area (Å²) in [5.41, 5.74) is -0.860. The van der Waals surface area contributed by atoms with E-state index in [0.717, 1.165) is 6.07 Å². The maximum atomic E-state index is 13.3. The minimum atomic E-state index is -4.50. The smallest absolute Gasteiger partial charge is 0.419 e. The van der Waals surface area contributed by atoms with E-state index in [2.05, 4.69) is 15.6 Å². The minimum Gasteiger partial charge on any atom is -0.491 e. The summed E-state index contributed by atoms with van der Waals surface area (Å²) in [6, 6.07) is 8.10. The summed E-state index contributed by atoms with van der Waals surface area (Å²) >= 11 is 0. The number of ether oxygens (including phenoxy) is 1. The van der Waals surface area contributed by atoms with E-state index in [0.29, 0.717) is 6.42 Å². The molecule has 5 nitrogen and oxygen atoms in total. The highest BCUT2D eigenvalue weighted by atomic mass is 19.4. The topological polar surface area (TPSA) is 63.2 Å². The average Bonchev–Trinajstić information content (AvgIpc) is 2.63. The van der Waals surface area contributed by atoms with Crippen LogP contribution in [0.3, 0.4) is 0 Å². The van der Waals surface area contributed by atoms with Gasteiger partial charge in [0.15, 0.2) is 11.6 Å². The fourth-order valence-electron chi connectivity index (χ4n) is 2.22. The van der Waals surface area contributed by atoms with Gasteiger partial charge >= 0.3 is 6.18 Å². The lowest BCUT2D eigenvalue weighted by atomic mass is 10.2. The Bertz CT molecular complexity index is 753. The lowest BCUT2D eigenvalue weighted by Crippen LogP contribution is -2.29. The van der Waals surface area contributed by atoms with Crippen LogP contribution in [0.5, 0.6) is 5.75 Å². The van der Waals surface area contributed by atoms with E-state index < -0.39 is 17.6 Å². The molecule has 0 aliphatic carbocycles. The Morgan fingerprint density at radius 2 is 1.89 bits per heavy atom. The van der Waals surface area contributed by atoms with Gasteiger partial charge in [0.2, 0.25) is 5.91 Å². The molecule has 0 unspecified atom stereocenters. The van der Waals surface area contributed by atoms with E-state index in [9.17, 15) is 22.4 Å². The van der Waals surface area contributed by atoms with Crippen molar-refractivity contribution in [2.45, 2.75) is 19.0 Å². The van der Waals surface area contributed by atoms with E-state index in [1.54, 1.807) is 12.1 Å². The Kier molecular flexibility index (Phi) is 7.39. The minimum absolute atomic E-state index is 0.0948. The molecule has 0 bridgehead atoms. The van der Waals surface area contributed by atoms with Crippen LogP contribution < -0.4 is 15.4 Å². The monoisotopic (exact) mass is 385 g/mol. The summed E-state index contributed by atoms with van der Waals surface area (Å²) in [6.07, 6.45) is -2.71.